The minimum absolute atomic E-state index is 0.0308. The quantitative estimate of drug-likeness (QED) is 0.854. The van der Waals surface area contributed by atoms with Gasteiger partial charge in [-0.3, -0.25) is 0 Å². The molecule has 1 aromatic rings. The number of aromatic nitrogens is 2. The van der Waals surface area contributed by atoms with Crippen molar-refractivity contribution in [3.05, 3.63) is 11.8 Å². The Balaban J connectivity index is 2.22. The fraction of sp³-hybridized carbons (Fsp3) is 0.692. The Kier molecular flexibility index (Phi) is 3.22. The molecule has 0 atom stereocenters. The van der Waals surface area contributed by atoms with Gasteiger partial charge in [-0.15, -0.1) is 0 Å². The van der Waals surface area contributed by atoms with Gasteiger partial charge in [0, 0.05) is 30.4 Å². The first-order chi connectivity index (χ1) is 7.94. The maximum Gasteiger partial charge on any atom is 0.227 e. The maximum absolute atomic E-state index is 4.60. The lowest BCUT2D eigenvalue weighted by Crippen LogP contribution is -2.28. The van der Waals surface area contributed by atoms with Crippen molar-refractivity contribution in [1.29, 1.82) is 0 Å². The van der Waals surface area contributed by atoms with E-state index in [-0.39, 0.29) is 5.54 Å². The van der Waals surface area contributed by atoms with Crippen molar-refractivity contribution >= 4 is 11.8 Å². The zero-order valence-corrected chi connectivity index (χ0v) is 11.2. The molecule has 1 fully saturated rings. The lowest BCUT2D eigenvalue weighted by molar-refractivity contribution is 0.629. The summed E-state index contributed by atoms with van der Waals surface area (Å²) < 4.78 is 0. The lowest BCUT2D eigenvalue weighted by atomic mass is 10.1. The summed E-state index contributed by atoms with van der Waals surface area (Å²) in [6.07, 6.45) is 2.50. The van der Waals surface area contributed by atoms with E-state index in [1.807, 2.05) is 13.0 Å². The highest BCUT2D eigenvalue weighted by Crippen LogP contribution is 2.20. The number of anilines is 2. The molecule has 0 bridgehead atoms. The van der Waals surface area contributed by atoms with Crippen LogP contribution in [0.4, 0.5) is 11.8 Å². The first-order valence-electron chi connectivity index (χ1n) is 6.33. The van der Waals surface area contributed by atoms with Gasteiger partial charge in [0.1, 0.15) is 5.82 Å². The molecular weight excluding hydrogens is 212 g/mol. The zero-order chi connectivity index (χ0) is 12.5. The van der Waals surface area contributed by atoms with Crippen LogP contribution in [0.15, 0.2) is 6.07 Å². The molecule has 1 aliphatic rings. The van der Waals surface area contributed by atoms with Gasteiger partial charge in [-0.2, -0.15) is 4.98 Å². The molecule has 17 heavy (non-hydrogen) atoms. The van der Waals surface area contributed by atoms with Crippen LogP contribution in [-0.2, 0) is 0 Å². The van der Waals surface area contributed by atoms with Gasteiger partial charge in [0.25, 0.3) is 0 Å². The van der Waals surface area contributed by atoms with Crippen LogP contribution >= 0.6 is 0 Å². The van der Waals surface area contributed by atoms with Crippen molar-refractivity contribution in [2.24, 2.45) is 0 Å². The van der Waals surface area contributed by atoms with E-state index in [2.05, 4.69) is 41.0 Å². The topological polar surface area (TPSA) is 41.1 Å². The summed E-state index contributed by atoms with van der Waals surface area (Å²) in [7, 11) is 0. The summed E-state index contributed by atoms with van der Waals surface area (Å²) in [5, 5.41) is 3.41. The van der Waals surface area contributed by atoms with Crippen molar-refractivity contribution in [2.75, 3.05) is 23.3 Å². The first kappa shape index (κ1) is 12.1. The molecule has 4 nitrogen and oxygen atoms in total. The lowest BCUT2D eigenvalue weighted by Gasteiger charge is -2.23. The number of hydrogen-bond donors (Lipinski definition) is 1. The average Bonchev–Trinajstić information content (AvgIpc) is 2.65. The van der Waals surface area contributed by atoms with E-state index in [0.29, 0.717) is 0 Å². The third kappa shape index (κ3) is 3.32. The Hall–Kier alpha value is -1.32. The molecule has 2 rings (SSSR count). The van der Waals surface area contributed by atoms with Crippen LogP contribution in [0.2, 0.25) is 0 Å². The number of hydrogen-bond acceptors (Lipinski definition) is 4. The third-order valence-corrected chi connectivity index (χ3v) is 2.73. The second-order valence-corrected chi connectivity index (χ2v) is 5.76. The van der Waals surface area contributed by atoms with E-state index in [9.17, 15) is 0 Å². The molecule has 1 aliphatic heterocycles. The highest BCUT2D eigenvalue weighted by Gasteiger charge is 2.17. The number of aryl methyl sites for hydroxylation is 1. The molecule has 2 heterocycles. The van der Waals surface area contributed by atoms with Crippen molar-refractivity contribution in [2.45, 2.75) is 46.1 Å². The van der Waals surface area contributed by atoms with E-state index >= 15 is 0 Å². The highest BCUT2D eigenvalue weighted by molar-refractivity contribution is 5.45. The molecule has 0 aromatic carbocycles. The molecular formula is C13H22N4. The normalized spacial score (nSPS) is 16.4. The molecule has 1 aromatic heterocycles. The second-order valence-electron chi connectivity index (χ2n) is 5.76. The van der Waals surface area contributed by atoms with Crippen LogP contribution in [0.3, 0.4) is 0 Å². The highest BCUT2D eigenvalue weighted by atomic mass is 15.3. The Labute approximate surface area is 103 Å². The van der Waals surface area contributed by atoms with Crippen LogP contribution in [0.1, 0.15) is 39.3 Å². The fourth-order valence-electron chi connectivity index (χ4n) is 2.06. The summed E-state index contributed by atoms with van der Waals surface area (Å²) in [5.41, 5.74) is 1.05. The van der Waals surface area contributed by atoms with Gasteiger partial charge < -0.3 is 10.2 Å². The zero-order valence-electron chi connectivity index (χ0n) is 11.2. The van der Waals surface area contributed by atoms with E-state index in [1.165, 1.54) is 12.8 Å². The Bertz CT molecular complexity index is 389. The Morgan fingerprint density at radius 1 is 1.18 bits per heavy atom. The van der Waals surface area contributed by atoms with Gasteiger partial charge in [-0.05, 0) is 40.5 Å². The van der Waals surface area contributed by atoms with Gasteiger partial charge in [0.2, 0.25) is 5.95 Å². The Morgan fingerprint density at radius 2 is 1.82 bits per heavy atom. The molecule has 1 saturated heterocycles. The molecule has 0 spiro atoms. The monoisotopic (exact) mass is 234 g/mol. The van der Waals surface area contributed by atoms with Crippen molar-refractivity contribution in [3.63, 3.8) is 0 Å². The van der Waals surface area contributed by atoms with Crippen LogP contribution in [0.5, 0.6) is 0 Å². The van der Waals surface area contributed by atoms with Crippen molar-refractivity contribution < 1.29 is 0 Å². The van der Waals surface area contributed by atoms with E-state index in [4.69, 9.17) is 0 Å². The maximum atomic E-state index is 4.60. The Morgan fingerprint density at radius 3 is 2.41 bits per heavy atom. The summed E-state index contributed by atoms with van der Waals surface area (Å²) in [6.45, 7) is 10.6. The van der Waals surface area contributed by atoms with E-state index in [0.717, 1.165) is 30.5 Å². The smallest absolute Gasteiger partial charge is 0.227 e. The third-order valence-electron chi connectivity index (χ3n) is 2.73. The second kappa shape index (κ2) is 4.51. The summed E-state index contributed by atoms with van der Waals surface area (Å²) in [6, 6.07) is 2.00. The number of nitrogens with zero attached hydrogens (tertiary/aromatic N) is 3. The predicted octanol–water partition coefficient (Wildman–Crippen LogP) is 2.60. The van der Waals surface area contributed by atoms with Crippen molar-refractivity contribution in [1.82, 2.24) is 9.97 Å². The molecule has 0 saturated carbocycles. The molecule has 1 N–H and O–H groups in total. The predicted molar refractivity (Wildman–Crippen MR) is 71.6 cm³/mol. The van der Waals surface area contributed by atoms with Crippen molar-refractivity contribution in [3.8, 4) is 0 Å². The minimum atomic E-state index is 0.0308. The first-order valence-corrected chi connectivity index (χ1v) is 6.33. The van der Waals surface area contributed by atoms with Gasteiger partial charge >= 0.3 is 0 Å². The summed E-state index contributed by atoms with van der Waals surface area (Å²) >= 11 is 0. The largest absolute Gasteiger partial charge is 0.365 e. The van der Waals surface area contributed by atoms with Crippen LogP contribution in [-0.4, -0.2) is 28.6 Å². The molecule has 94 valence electrons. The number of nitrogens with one attached hydrogen (secondary N) is 1. The standard InChI is InChI=1S/C13H22N4/c1-10-9-11(16-13(2,3)4)15-12(14-10)17-7-5-6-8-17/h9H,5-8H2,1-4H3,(H,14,15,16). The fourth-order valence-corrected chi connectivity index (χ4v) is 2.06. The SMILES string of the molecule is Cc1cc(NC(C)(C)C)nc(N2CCCC2)n1. The summed E-state index contributed by atoms with van der Waals surface area (Å²) in [5.74, 6) is 1.79. The van der Waals surface area contributed by atoms with Gasteiger partial charge in [0.15, 0.2) is 0 Å². The van der Waals surface area contributed by atoms with Crippen LogP contribution in [0.25, 0.3) is 0 Å². The van der Waals surface area contributed by atoms with E-state index in [1.54, 1.807) is 0 Å². The molecule has 0 amide bonds. The molecule has 0 unspecified atom stereocenters. The summed E-state index contributed by atoms with van der Waals surface area (Å²) in [4.78, 5) is 11.4. The molecule has 0 radical (unpaired) electrons. The number of rotatable bonds is 2. The molecule has 0 aliphatic carbocycles. The van der Waals surface area contributed by atoms with Gasteiger partial charge in [-0.25, -0.2) is 4.98 Å². The van der Waals surface area contributed by atoms with E-state index < -0.39 is 0 Å². The van der Waals surface area contributed by atoms with Crippen LogP contribution < -0.4 is 10.2 Å². The molecule has 4 heteroatoms. The van der Waals surface area contributed by atoms with Crippen LogP contribution in [0, 0.1) is 6.92 Å². The van der Waals surface area contributed by atoms with Gasteiger partial charge in [0.05, 0.1) is 0 Å². The van der Waals surface area contributed by atoms with Gasteiger partial charge in [-0.1, -0.05) is 0 Å². The average molecular weight is 234 g/mol. The minimum Gasteiger partial charge on any atom is -0.365 e.